The first kappa shape index (κ1) is 23.0. The minimum absolute atomic E-state index is 0.0531. The summed E-state index contributed by atoms with van der Waals surface area (Å²) in [5, 5.41) is 0.830. The lowest BCUT2D eigenvalue weighted by Gasteiger charge is -2.19. The Balaban J connectivity index is 2.04. The Labute approximate surface area is 185 Å². The third-order valence-corrected chi connectivity index (χ3v) is 6.43. The fourth-order valence-corrected chi connectivity index (χ4v) is 4.65. The molecule has 0 N–H and O–H groups in total. The summed E-state index contributed by atoms with van der Waals surface area (Å²) >= 11 is 1.27. The fraction of sp³-hybridized carbons (Fsp3) is 0.364. The monoisotopic (exact) mass is 460 g/mol. The maximum absolute atomic E-state index is 12.5. The summed E-state index contributed by atoms with van der Waals surface area (Å²) in [4.78, 5) is 33.2. The van der Waals surface area contributed by atoms with Crippen molar-refractivity contribution >= 4 is 37.2 Å². The molecule has 0 saturated carbocycles. The highest BCUT2D eigenvalue weighted by molar-refractivity contribution is 7.90. The number of hydrogen-bond donors (Lipinski definition) is 0. The first-order valence-corrected chi connectivity index (χ1v) is 12.4. The summed E-state index contributed by atoms with van der Waals surface area (Å²) in [5.41, 5.74) is 0.688. The summed E-state index contributed by atoms with van der Waals surface area (Å²) in [7, 11) is -3.54. The number of sulfone groups is 1. The number of ether oxygens (including phenoxy) is 1. The number of benzene rings is 1. The zero-order valence-electron chi connectivity index (χ0n) is 18.1. The molecule has 0 bridgehead atoms. The van der Waals surface area contributed by atoms with Crippen molar-refractivity contribution in [1.29, 1.82) is 0 Å². The third kappa shape index (κ3) is 5.95. The second-order valence-electron chi connectivity index (χ2n) is 8.36. The van der Waals surface area contributed by atoms with E-state index in [1.807, 2.05) is 19.1 Å². The normalized spacial score (nSPS) is 12.2. The molecule has 0 radical (unpaired) electrons. The Morgan fingerprint density at radius 3 is 2.48 bits per heavy atom. The lowest BCUT2D eigenvalue weighted by atomic mass is 10.1. The topological polar surface area (TPSA) is 103 Å². The van der Waals surface area contributed by atoms with E-state index in [1.165, 1.54) is 23.5 Å². The predicted molar refractivity (Wildman–Crippen MR) is 121 cm³/mol. The summed E-state index contributed by atoms with van der Waals surface area (Å²) in [6, 6.07) is 8.31. The zero-order valence-corrected chi connectivity index (χ0v) is 19.7. The van der Waals surface area contributed by atoms with Crippen LogP contribution >= 0.6 is 11.3 Å². The van der Waals surface area contributed by atoms with E-state index in [9.17, 15) is 18.0 Å². The van der Waals surface area contributed by atoms with Gasteiger partial charge in [-0.2, -0.15) is 4.98 Å². The predicted octanol–water partition coefficient (Wildman–Crippen LogP) is 3.70. The molecule has 164 valence electrons. The smallest absolute Gasteiger partial charge is 0.306 e. The molecule has 0 aliphatic carbocycles. The molecule has 2 heterocycles. The highest BCUT2D eigenvalue weighted by Crippen LogP contribution is 2.28. The van der Waals surface area contributed by atoms with Crippen molar-refractivity contribution < 1.29 is 17.9 Å². The highest BCUT2D eigenvalue weighted by Gasteiger charge is 2.19. The van der Waals surface area contributed by atoms with Crippen molar-refractivity contribution in [2.45, 2.75) is 51.0 Å². The highest BCUT2D eigenvalue weighted by atomic mass is 32.2. The molecule has 0 aliphatic rings. The average Bonchev–Trinajstić information content (AvgIpc) is 2.63. The molecule has 0 fully saturated rings. The number of esters is 1. The van der Waals surface area contributed by atoms with E-state index in [0.717, 1.165) is 16.5 Å². The van der Waals surface area contributed by atoms with Gasteiger partial charge in [-0.3, -0.25) is 14.6 Å². The minimum atomic E-state index is -3.54. The number of nitrogens with zero attached hydrogens (tertiary/aromatic N) is 2. The Morgan fingerprint density at radius 1 is 1.13 bits per heavy atom. The SMILES string of the molecule is Cc1ccc2c(=O)nc(-c3cc(S(C)(=O)=O)cc(CCC(=O)OC(C)(C)C)n3)sc2c1. The maximum atomic E-state index is 12.5. The molecule has 0 spiro atoms. The van der Waals surface area contributed by atoms with Crippen LogP contribution < -0.4 is 5.56 Å². The van der Waals surface area contributed by atoms with Crippen molar-refractivity contribution in [3.05, 3.63) is 51.9 Å². The summed E-state index contributed by atoms with van der Waals surface area (Å²) in [5.74, 6) is -0.399. The number of hydrogen-bond acceptors (Lipinski definition) is 8. The Hall–Kier alpha value is -2.65. The van der Waals surface area contributed by atoms with Crippen LogP contribution in [0.2, 0.25) is 0 Å². The van der Waals surface area contributed by atoms with Crippen molar-refractivity contribution in [3.8, 4) is 10.7 Å². The van der Waals surface area contributed by atoms with Crippen LogP contribution in [0.15, 0.2) is 40.0 Å². The van der Waals surface area contributed by atoms with Gasteiger partial charge in [0.1, 0.15) is 16.3 Å². The zero-order chi connectivity index (χ0) is 23.0. The molecule has 3 rings (SSSR count). The largest absolute Gasteiger partial charge is 0.460 e. The van der Waals surface area contributed by atoms with E-state index in [0.29, 0.717) is 16.1 Å². The van der Waals surface area contributed by atoms with Crippen LogP contribution in [0.25, 0.3) is 20.8 Å². The molecule has 31 heavy (non-hydrogen) atoms. The summed E-state index contributed by atoms with van der Waals surface area (Å²) < 4.78 is 30.5. The molecule has 0 unspecified atom stereocenters. The van der Waals surface area contributed by atoms with Gasteiger partial charge in [0.05, 0.1) is 16.7 Å². The van der Waals surface area contributed by atoms with Gasteiger partial charge in [0.25, 0.3) is 5.56 Å². The van der Waals surface area contributed by atoms with Crippen LogP contribution in [-0.4, -0.2) is 36.2 Å². The van der Waals surface area contributed by atoms with E-state index in [1.54, 1.807) is 26.8 Å². The standard InChI is InChI=1S/C22H24N2O5S2/c1-13-6-8-16-18(10-13)30-21(24-20(16)26)17-12-15(31(5,27)28)11-14(23-17)7-9-19(25)29-22(2,3)4/h6,8,10-12H,7,9H2,1-5H3. The molecule has 0 amide bonds. The van der Waals surface area contributed by atoms with E-state index in [4.69, 9.17) is 4.74 Å². The lowest BCUT2D eigenvalue weighted by molar-refractivity contribution is -0.154. The number of fused-ring (bicyclic) bond motifs is 1. The minimum Gasteiger partial charge on any atom is -0.460 e. The van der Waals surface area contributed by atoms with Crippen LogP contribution in [0.5, 0.6) is 0 Å². The van der Waals surface area contributed by atoms with Crippen LogP contribution in [0, 0.1) is 6.92 Å². The van der Waals surface area contributed by atoms with E-state index < -0.39 is 27.0 Å². The van der Waals surface area contributed by atoms with E-state index in [2.05, 4.69) is 9.97 Å². The molecule has 3 aromatic rings. The van der Waals surface area contributed by atoms with Crippen LogP contribution in [0.1, 0.15) is 38.4 Å². The first-order valence-electron chi connectivity index (χ1n) is 9.66. The van der Waals surface area contributed by atoms with Crippen molar-refractivity contribution in [1.82, 2.24) is 9.97 Å². The van der Waals surface area contributed by atoms with Crippen LogP contribution in [0.4, 0.5) is 0 Å². The lowest BCUT2D eigenvalue weighted by Crippen LogP contribution is -2.24. The van der Waals surface area contributed by atoms with Gasteiger partial charge in [-0.1, -0.05) is 6.07 Å². The quantitative estimate of drug-likeness (QED) is 0.535. The van der Waals surface area contributed by atoms with Gasteiger partial charge in [0.15, 0.2) is 9.84 Å². The van der Waals surface area contributed by atoms with E-state index in [-0.39, 0.29) is 23.4 Å². The number of rotatable bonds is 5. The number of carbonyl (C=O) groups is 1. The molecule has 7 nitrogen and oxygen atoms in total. The van der Waals surface area contributed by atoms with Gasteiger partial charge in [0.2, 0.25) is 0 Å². The molecule has 1 aromatic carbocycles. The van der Waals surface area contributed by atoms with Crippen LogP contribution in [-0.2, 0) is 25.8 Å². The second kappa shape index (κ2) is 8.47. The van der Waals surface area contributed by atoms with Gasteiger partial charge in [0, 0.05) is 23.1 Å². The molecular weight excluding hydrogens is 436 g/mol. The molecule has 0 atom stereocenters. The van der Waals surface area contributed by atoms with Gasteiger partial charge in [-0.05, 0) is 57.5 Å². The fourth-order valence-electron chi connectivity index (χ4n) is 2.91. The molecule has 2 aromatic heterocycles. The van der Waals surface area contributed by atoms with Crippen molar-refractivity contribution in [3.63, 3.8) is 0 Å². The van der Waals surface area contributed by atoms with E-state index >= 15 is 0 Å². The average molecular weight is 461 g/mol. The van der Waals surface area contributed by atoms with Gasteiger partial charge in [-0.15, -0.1) is 11.3 Å². The van der Waals surface area contributed by atoms with Gasteiger partial charge >= 0.3 is 5.97 Å². The number of carbonyl (C=O) groups excluding carboxylic acids is 1. The Morgan fingerprint density at radius 2 is 1.84 bits per heavy atom. The van der Waals surface area contributed by atoms with Gasteiger partial charge < -0.3 is 4.74 Å². The first-order chi connectivity index (χ1) is 14.3. The molecule has 9 heteroatoms. The summed E-state index contributed by atoms with van der Waals surface area (Å²) in [6.07, 6.45) is 1.35. The number of aryl methyl sites for hydroxylation is 2. The van der Waals surface area contributed by atoms with Gasteiger partial charge in [-0.25, -0.2) is 8.42 Å². The van der Waals surface area contributed by atoms with Crippen molar-refractivity contribution in [2.24, 2.45) is 0 Å². The summed E-state index contributed by atoms with van der Waals surface area (Å²) in [6.45, 7) is 7.26. The van der Waals surface area contributed by atoms with Crippen molar-refractivity contribution in [2.75, 3.05) is 6.26 Å². The molecule has 0 saturated heterocycles. The second-order valence-corrected chi connectivity index (χ2v) is 11.4. The maximum Gasteiger partial charge on any atom is 0.306 e. The number of pyridine rings is 1. The Kier molecular flexibility index (Phi) is 6.29. The molecule has 0 aliphatic heterocycles. The molecular formula is C22H24N2O5S2. The Bertz CT molecular complexity index is 1320. The number of aromatic nitrogens is 2. The van der Waals surface area contributed by atoms with Crippen LogP contribution in [0.3, 0.4) is 0 Å². The third-order valence-electron chi connectivity index (χ3n) is 4.28.